The molecule has 2 aromatic rings. The third-order valence-corrected chi connectivity index (χ3v) is 6.97. The second-order valence-corrected chi connectivity index (χ2v) is 8.97. The van der Waals surface area contributed by atoms with Crippen molar-refractivity contribution >= 4 is 15.9 Å². The van der Waals surface area contributed by atoms with E-state index < -0.39 is 10.0 Å². The molecule has 0 unspecified atom stereocenters. The first-order chi connectivity index (χ1) is 14.5. The van der Waals surface area contributed by atoms with Crippen LogP contribution in [0.2, 0.25) is 0 Å². The molecular formula is C22H28N2O5S. The van der Waals surface area contributed by atoms with Crippen LogP contribution < -0.4 is 14.8 Å². The molecule has 162 valence electrons. The van der Waals surface area contributed by atoms with E-state index in [1.807, 2.05) is 24.3 Å². The number of sulfonamides is 1. The maximum atomic E-state index is 13.1. The number of ether oxygens (including phenoxy) is 2. The number of rotatable bonds is 9. The Kier molecular flexibility index (Phi) is 7.33. The van der Waals surface area contributed by atoms with Crippen LogP contribution in [0.4, 0.5) is 0 Å². The monoisotopic (exact) mass is 432 g/mol. The number of amides is 1. The van der Waals surface area contributed by atoms with Crippen LogP contribution in [0, 0.1) is 0 Å². The Hall–Kier alpha value is -2.58. The van der Waals surface area contributed by atoms with Gasteiger partial charge in [-0.2, -0.15) is 4.31 Å². The lowest BCUT2D eigenvalue weighted by atomic mass is 10.1. The van der Waals surface area contributed by atoms with Crippen molar-refractivity contribution in [2.75, 3.05) is 33.4 Å². The van der Waals surface area contributed by atoms with Gasteiger partial charge in [-0.15, -0.1) is 0 Å². The lowest BCUT2D eigenvalue weighted by Crippen LogP contribution is -2.29. The molecule has 3 rings (SSSR count). The van der Waals surface area contributed by atoms with Crippen LogP contribution in [0.1, 0.15) is 35.7 Å². The van der Waals surface area contributed by atoms with Gasteiger partial charge in [-0.05, 0) is 62.1 Å². The first-order valence-corrected chi connectivity index (χ1v) is 11.6. The molecule has 7 nitrogen and oxygen atoms in total. The maximum Gasteiger partial charge on any atom is 0.251 e. The maximum absolute atomic E-state index is 13.1. The van der Waals surface area contributed by atoms with Crippen molar-refractivity contribution in [2.45, 2.75) is 31.1 Å². The summed E-state index contributed by atoms with van der Waals surface area (Å²) in [5.74, 6) is 0.743. The minimum absolute atomic E-state index is 0.0501. The smallest absolute Gasteiger partial charge is 0.251 e. The topological polar surface area (TPSA) is 84.9 Å². The fourth-order valence-electron chi connectivity index (χ4n) is 3.41. The molecule has 0 spiro atoms. The summed E-state index contributed by atoms with van der Waals surface area (Å²) in [5, 5.41) is 2.86. The van der Waals surface area contributed by atoms with Gasteiger partial charge in [0.2, 0.25) is 10.0 Å². The molecule has 1 fully saturated rings. The highest BCUT2D eigenvalue weighted by Crippen LogP contribution is 2.30. The number of nitrogens with zero attached hydrogens (tertiary/aromatic N) is 1. The summed E-state index contributed by atoms with van der Waals surface area (Å²) in [6.45, 7) is 3.56. The van der Waals surface area contributed by atoms with E-state index >= 15 is 0 Å². The van der Waals surface area contributed by atoms with Crippen molar-refractivity contribution in [3.8, 4) is 11.5 Å². The molecule has 30 heavy (non-hydrogen) atoms. The van der Waals surface area contributed by atoms with E-state index in [1.54, 1.807) is 26.2 Å². The molecule has 0 bridgehead atoms. The Labute approximate surface area is 178 Å². The normalized spacial score (nSPS) is 14.5. The molecular weight excluding hydrogens is 404 g/mol. The molecule has 1 amide bonds. The molecule has 1 heterocycles. The third kappa shape index (κ3) is 5.12. The highest BCUT2D eigenvalue weighted by Gasteiger charge is 2.30. The summed E-state index contributed by atoms with van der Waals surface area (Å²) in [6, 6.07) is 12.2. The summed E-state index contributed by atoms with van der Waals surface area (Å²) in [7, 11) is -2.09. The molecule has 0 aliphatic carbocycles. The molecule has 0 aromatic heterocycles. The first kappa shape index (κ1) is 22.1. The Morgan fingerprint density at radius 2 is 1.80 bits per heavy atom. The summed E-state index contributed by atoms with van der Waals surface area (Å²) in [6.07, 6.45) is 2.34. The zero-order valence-electron chi connectivity index (χ0n) is 17.4. The minimum Gasteiger partial charge on any atom is -0.497 e. The Morgan fingerprint density at radius 1 is 1.10 bits per heavy atom. The largest absolute Gasteiger partial charge is 0.497 e. The molecule has 2 aromatic carbocycles. The molecule has 1 saturated heterocycles. The minimum atomic E-state index is -3.70. The predicted octanol–water partition coefficient (Wildman–Crippen LogP) is 2.85. The van der Waals surface area contributed by atoms with Crippen LogP contribution in [-0.4, -0.2) is 52.0 Å². The van der Waals surface area contributed by atoms with Crippen molar-refractivity contribution in [1.82, 2.24) is 9.62 Å². The van der Waals surface area contributed by atoms with E-state index in [1.165, 1.54) is 10.4 Å². The van der Waals surface area contributed by atoms with Crippen LogP contribution in [0.25, 0.3) is 0 Å². The second-order valence-electron chi connectivity index (χ2n) is 7.06. The van der Waals surface area contributed by atoms with Crippen LogP contribution in [0.3, 0.4) is 0 Å². The third-order valence-electron chi connectivity index (χ3n) is 5.05. The van der Waals surface area contributed by atoms with Crippen molar-refractivity contribution in [1.29, 1.82) is 0 Å². The van der Waals surface area contributed by atoms with E-state index in [0.29, 0.717) is 38.2 Å². The number of benzene rings is 2. The summed E-state index contributed by atoms with van der Waals surface area (Å²) in [4.78, 5) is 12.7. The second kappa shape index (κ2) is 9.95. The number of hydrogen-bond acceptors (Lipinski definition) is 5. The molecule has 8 heteroatoms. The van der Waals surface area contributed by atoms with E-state index in [9.17, 15) is 13.2 Å². The summed E-state index contributed by atoms with van der Waals surface area (Å²) >= 11 is 0. The molecule has 0 atom stereocenters. The fourth-order valence-corrected chi connectivity index (χ4v) is 5.08. The van der Waals surface area contributed by atoms with Crippen molar-refractivity contribution in [3.05, 3.63) is 53.6 Å². The predicted molar refractivity (Wildman–Crippen MR) is 115 cm³/mol. The fraction of sp³-hybridized carbons (Fsp3) is 0.409. The lowest BCUT2D eigenvalue weighted by Gasteiger charge is -2.19. The number of nitrogens with one attached hydrogen (secondary N) is 1. The molecule has 1 aliphatic heterocycles. The van der Waals surface area contributed by atoms with Crippen LogP contribution in [-0.2, 0) is 16.4 Å². The summed E-state index contributed by atoms with van der Waals surface area (Å²) < 4.78 is 38.2. The first-order valence-electron chi connectivity index (χ1n) is 10.1. The average molecular weight is 433 g/mol. The average Bonchev–Trinajstić information content (AvgIpc) is 3.30. The summed E-state index contributed by atoms with van der Waals surface area (Å²) in [5.41, 5.74) is 1.37. The van der Waals surface area contributed by atoms with Gasteiger partial charge in [0.05, 0.1) is 13.7 Å². The van der Waals surface area contributed by atoms with Crippen molar-refractivity contribution in [3.63, 3.8) is 0 Å². The zero-order valence-corrected chi connectivity index (χ0v) is 18.2. The standard InChI is InChI=1S/C22H28N2O5S/c1-3-29-20-11-8-18(16-21(20)30(26,27)24-14-4-5-15-24)22(25)23-13-12-17-6-9-19(28-2)10-7-17/h6-11,16H,3-5,12-15H2,1-2H3,(H,23,25). The van der Waals surface area contributed by atoms with Gasteiger partial charge < -0.3 is 14.8 Å². The molecule has 0 saturated carbocycles. The Morgan fingerprint density at radius 3 is 2.43 bits per heavy atom. The van der Waals surface area contributed by atoms with Gasteiger partial charge in [-0.25, -0.2) is 8.42 Å². The Bertz CT molecular complexity index is 968. The van der Waals surface area contributed by atoms with Crippen LogP contribution in [0.5, 0.6) is 11.5 Å². The van der Waals surface area contributed by atoms with E-state index in [-0.39, 0.29) is 16.6 Å². The number of methoxy groups -OCH3 is 1. The van der Waals surface area contributed by atoms with Gasteiger partial charge in [0.1, 0.15) is 16.4 Å². The lowest BCUT2D eigenvalue weighted by molar-refractivity contribution is 0.0954. The number of carbonyl (C=O) groups excluding carboxylic acids is 1. The molecule has 0 radical (unpaired) electrons. The zero-order chi connectivity index (χ0) is 21.6. The molecule has 1 N–H and O–H groups in total. The van der Waals surface area contributed by atoms with Crippen molar-refractivity contribution < 1.29 is 22.7 Å². The Balaban J connectivity index is 1.72. The van der Waals surface area contributed by atoms with Gasteiger partial charge in [-0.3, -0.25) is 4.79 Å². The van der Waals surface area contributed by atoms with E-state index in [2.05, 4.69) is 5.32 Å². The van der Waals surface area contributed by atoms with E-state index in [0.717, 1.165) is 24.2 Å². The number of carbonyl (C=O) groups is 1. The van der Waals surface area contributed by atoms with Crippen LogP contribution in [0.15, 0.2) is 47.4 Å². The van der Waals surface area contributed by atoms with Gasteiger partial charge in [0.15, 0.2) is 0 Å². The SMILES string of the molecule is CCOc1ccc(C(=O)NCCc2ccc(OC)cc2)cc1S(=O)(=O)N1CCCC1. The van der Waals surface area contributed by atoms with Gasteiger partial charge in [0, 0.05) is 25.2 Å². The highest BCUT2D eigenvalue weighted by atomic mass is 32.2. The van der Waals surface area contributed by atoms with E-state index in [4.69, 9.17) is 9.47 Å². The number of hydrogen-bond donors (Lipinski definition) is 1. The van der Waals surface area contributed by atoms with Gasteiger partial charge >= 0.3 is 0 Å². The molecule has 1 aliphatic rings. The van der Waals surface area contributed by atoms with Crippen LogP contribution >= 0.6 is 0 Å². The quantitative estimate of drug-likeness (QED) is 0.659. The van der Waals surface area contributed by atoms with Gasteiger partial charge in [-0.1, -0.05) is 12.1 Å². The highest BCUT2D eigenvalue weighted by molar-refractivity contribution is 7.89. The van der Waals surface area contributed by atoms with Crippen molar-refractivity contribution in [2.24, 2.45) is 0 Å². The van der Waals surface area contributed by atoms with Gasteiger partial charge in [0.25, 0.3) is 5.91 Å².